The first-order valence-corrected chi connectivity index (χ1v) is 6.18. The fourth-order valence-corrected chi connectivity index (χ4v) is 1.39. The van der Waals surface area contributed by atoms with Crippen LogP contribution in [-0.2, 0) is 9.47 Å². The molecule has 1 rings (SSSR count). The van der Waals surface area contributed by atoms with Crippen molar-refractivity contribution in [1.82, 2.24) is 0 Å². The highest BCUT2D eigenvalue weighted by molar-refractivity contribution is 5.27. The molecule has 0 aliphatic rings. The van der Waals surface area contributed by atoms with Crippen LogP contribution in [0.5, 0.6) is 5.75 Å². The van der Waals surface area contributed by atoms with Crippen LogP contribution in [0.1, 0.15) is 18.9 Å². The Kier molecular flexibility index (Phi) is 7.43. The summed E-state index contributed by atoms with van der Waals surface area (Å²) >= 11 is 0. The fraction of sp³-hybridized carbons (Fsp3) is 0.571. The van der Waals surface area contributed by atoms with Gasteiger partial charge in [0.1, 0.15) is 12.4 Å². The Morgan fingerprint density at radius 1 is 0.941 bits per heavy atom. The van der Waals surface area contributed by atoms with Crippen molar-refractivity contribution in [3.63, 3.8) is 0 Å². The average Bonchev–Trinajstić information content (AvgIpc) is 2.33. The zero-order valence-electron chi connectivity index (χ0n) is 10.8. The molecule has 0 aromatic heterocycles. The molecule has 3 nitrogen and oxygen atoms in total. The molecule has 17 heavy (non-hydrogen) atoms. The average molecular weight is 238 g/mol. The van der Waals surface area contributed by atoms with Gasteiger partial charge in [-0.15, -0.1) is 0 Å². The SMILES string of the molecule is CCCOCCOCCOc1cccc(C)c1. The summed E-state index contributed by atoms with van der Waals surface area (Å²) in [6.45, 7) is 7.43. The highest BCUT2D eigenvalue weighted by Crippen LogP contribution is 2.11. The first-order valence-electron chi connectivity index (χ1n) is 6.18. The summed E-state index contributed by atoms with van der Waals surface area (Å²) < 4.78 is 16.2. The van der Waals surface area contributed by atoms with Gasteiger partial charge in [-0.2, -0.15) is 0 Å². The second kappa shape index (κ2) is 9.02. The standard InChI is InChI=1S/C14H22O3/c1-3-7-15-8-9-16-10-11-17-14-6-4-5-13(2)12-14/h4-6,12H,3,7-11H2,1-2H3. The van der Waals surface area contributed by atoms with Gasteiger partial charge in [-0.1, -0.05) is 19.1 Å². The highest BCUT2D eigenvalue weighted by Gasteiger charge is 1.94. The molecule has 0 N–H and O–H groups in total. The Labute approximate surface area is 104 Å². The van der Waals surface area contributed by atoms with Crippen molar-refractivity contribution in [2.45, 2.75) is 20.3 Å². The molecule has 0 spiro atoms. The van der Waals surface area contributed by atoms with Gasteiger partial charge in [-0.3, -0.25) is 0 Å². The monoisotopic (exact) mass is 238 g/mol. The van der Waals surface area contributed by atoms with Crippen LogP contribution >= 0.6 is 0 Å². The lowest BCUT2D eigenvalue weighted by Crippen LogP contribution is -2.11. The third-order valence-corrected chi connectivity index (χ3v) is 2.21. The van der Waals surface area contributed by atoms with Crippen LogP contribution in [0.3, 0.4) is 0 Å². The summed E-state index contributed by atoms with van der Waals surface area (Å²) in [6.07, 6.45) is 1.05. The third-order valence-electron chi connectivity index (χ3n) is 2.21. The van der Waals surface area contributed by atoms with Gasteiger partial charge in [0.25, 0.3) is 0 Å². The maximum atomic E-state index is 5.55. The van der Waals surface area contributed by atoms with E-state index in [-0.39, 0.29) is 0 Å². The quantitative estimate of drug-likeness (QED) is 0.619. The van der Waals surface area contributed by atoms with E-state index in [2.05, 4.69) is 19.9 Å². The smallest absolute Gasteiger partial charge is 0.119 e. The first-order chi connectivity index (χ1) is 8.33. The molecule has 0 fully saturated rings. The Bertz CT molecular complexity index is 299. The molecule has 0 saturated heterocycles. The molecule has 0 amide bonds. The lowest BCUT2D eigenvalue weighted by molar-refractivity contribution is 0.0366. The normalized spacial score (nSPS) is 10.5. The van der Waals surface area contributed by atoms with Crippen LogP contribution in [0.25, 0.3) is 0 Å². The number of hydrogen-bond donors (Lipinski definition) is 0. The maximum absolute atomic E-state index is 5.55. The highest BCUT2D eigenvalue weighted by atomic mass is 16.5. The largest absolute Gasteiger partial charge is 0.491 e. The molecule has 0 atom stereocenters. The summed E-state index contributed by atoms with van der Waals surface area (Å²) in [4.78, 5) is 0. The topological polar surface area (TPSA) is 27.7 Å². The van der Waals surface area contributed by atoms with Crippen molar-refractivity contribution in [2.75, 3.05) is 33.0 Å². The van der Waals surface area contributed by atoms with Gasteiger partial charge >= 0.3 is 0 Å². The van der Waals surface area contributed by atoms with E-state index in [4.69, 9.17) is 14.2 Å². The molecule has 96 valence electrons. The molecule has 0 radical (unpaired) electrons. The van der Waals surface area contributed by atoms with Crippen molar-refractivity contribution in [1.29, 1.82) is 0 Å². The summed E-state index contributed by atoms with van der Waals surface area (Å²) in [5.41, 5.74) is 1.20. The molecule has 0 aliphatic heterocycles. The Balaban J connectivity index is 1.97. The molecule has 1 aromatic rings. The van der Waals surface area contributed by atoms with Gasteiger partial charge in [0.15, 0.2) is 0 Å². The second-order valence-corrected chi connectivity index (χ2v) is 3.89. The molecular weight excluding hydrogens is 216 g/mol. The second-order valence-electron chi connectivity index (χ2n) is 3.89. The summed E-state index contributed by atoms with van der Waals surface area (Å²) in [5.74, 6) is 0.899. The molecule has 0 aliphatic carbocycles. The van der Waals surface area contributed by atoms with Crippen LogP contribution in [-0.4, -0.2) is 33.0 Å². The van der Waals surface area contributed by atoms with Crippen LogP contribution in [0.2, 0.25) is 0 Å². The van der Waals surface area contributed by atoms with E-state index in [9.17, 15) is 0 Å². The van der Waals surface area contributed by atoms with E-state index < -0.39 is 0 Å². The molecule has 0 heterocycles. The number of ether oxygens (including phenoxy) is 3. The van der Waals surface area contributed by atoms with Gasteiger partial charge in [0.05, 0.1) is 19.8 Å². The van der Waals surface area contributed by atoms with E-state index in [0.29, 0.717) is 26.4 Å². The van der Waals surface area contributed by atoms with E-state index in [1.165, 1.54) is 5.56 Å². The van der Waals surface area contributed by atoms with Gasteiger partial charge < -0.3 is 14.2 Å². The molecule has 0 unspecified atom stereocenters. The molecular formula is C14H22O3. The van der Waals surface area contributed by atoms with Gasteiger partial charge in [0.2, 0.25) is 0 Å². The van der Waals surface area contributed by atoms with E-state index in [0.717, 1.165) is 18.8 Å². The zero-order chi connectivity index (χ0) is 12.3. The Hall–Kier alpha value is -1.06. The Morgan fingerprint density at radius 3 is 2.35 bits per heavy atom. The van der Waals surface area contributed by atoms with Gasteiger partial charge in [-0.05, 0) is 31.0 Å². The molecule has 0 bridgehead atoms. The molecule has 0 saturated carbocycles. The predicted octanol–water partition coefficient (Wildman–Crippen LogP) is 2.82. The van der Waals surface area contributed by atoms with Crippen LogP contribution in [0.4, 0.5) is 0 Å². The van der Waals surface area contributed by atoms with Gasteiger partial charge in [-0.25, -0.2) is 0 Å². The first kappa shape index (κ1) is 14.0. The summed E-state index contributed by atoms with van der Waals surface area (Å²) in [5, 5.41) is 0. The fourth-order valence-electron chi connectivity index (χ4n) is 1.39. The minimum Gasteiger partial charge on any atom is -0.491 e. The number of aryl methyl sites for hydroxylation is 1. The third kappa shape index (κ3) is 6.97. The summed E-state index contributed by atoms with van der Waals surface area (Å²) in [7, 11) is 0. The molecule has 3 heteroatoms. The van der Waals surface area contributed by atoms with E-state index in [1.54, 1.807) is 0 Å². The van der Waals surface area contributed by atoms with Crippen LogP contribution in [0.15, 0.2) is 24.3 Å². The van der Waals surface area contributed by atoms with Gasteiger partial charge in [0, 0.05) is 6.61 Å². The maximum Gasteiger partial charge on any atom is 0.119 e. The van der Waals surface area contributed by atoms with Crippen LogP contribution in [0, 0.1) is 6.92 Å². The molecule has 1 aromatic carbocycles. The van der Waals surface area contributed by atoms with Crippen molar-refractivity contribution < 1.29 is 14.2 Å². The lowest BCUT2D eigenvalue weighted by atomic mass is 10.2. The number of rotatable bonds is 9. The van der Waals surface area contributed by atoms with Crippen molar-refractivity contribution in [3.8, 4) is 5.75 Å². The minimum absolute atomic E-state index is 0.581. The predicted molar refractivity (Wildman–Crippen MR) is 68.6 cm³/mol. The van der Waals surface area contributed by atoms with E-state index >= 15 is 0 Å². The minimum atomic E-state index is 0.581. The lowest BCUT2D eigenvalue weighted by Gasteiger charge is -2.07. The van der Waals surface area contributed by atoms with Crippen LogP contribution < -0.4 is 4.74 Å². The Morgan fingerprint density at radius 2 is 1.65 bits per heavy atom. The van der Waals surface area contributed by atoms with Crippen molar-refractivity contribution >= 4 is 0 Å². The van der Waals surface area contributed by atoms with Crippen molar-refractivity contribution in [3.05, 3.63) is 29.8 Å². The number of benzene rings is 1. The van der Waals surface area contributed by atoms with Crippen molar-refractivity contribution in [2.24, 2.45) is 0 Å². The van der Waals surface area contributed by atoms with E-state index in [1.807, 2.05) is 18.2 Å². The number of hydrogen-bond acceptors (Lipinski definition) is 3. The summed E-state index contributed by atoms with van der Waals surface area (Å²) in [6, 6.07) is 8.01. The zero-order valence-corrected chi connectivity index (χ0v) is 10.8.